The van der Waals surface area contributed by atoms with Crippen LogP contribution in [-0.2, 0) is 10.0 Å². The number of nitrogens with one attached hydrogen (secondary N) is 1. The van der Waals surface area contributed by atoms with Crippen molar-refractivity contribution < 1.29 is 13.2 Å². The lowest BCUT2D eigenvalue weighted by Gasteiger charge is -2.30. The van der Waals surface area contributed by atoms with Crippen molar-refractivity contribution >= 4 is 21.4 Å². The summed E-state index contributed by atoms with van der Waals surface area (Å²) in [6.07, 6.45) is 4.75. The molecule has 2 aromatic heterocycles. The average molecular weight is 378 g/mol. The first-order chi connectivity index (χ1) is 12.1. The number of pyridine rings is 1. The quantitative estimate of drug-likeness (QED) is 0.885. The lowest BCUT2D eigenvalue weighted by atomic mass is 9.99. The standard InChI is InChI=1S/C18H26N4O3S/c1-18(2,3)20-17(23)15-14-9-5-6-11-22(14)16(19-15)13-8-7-10-21(12-13)26(4,24)25/h5-6,9,11,13H,7-8,10,12H2,1-4H3,(H,20,23)/t13-/m0/s1. The Hall–Kier alpha value is -1.93. The molecule has 0 aromatic carbocycles. The third kappa shape index (κ3) is 3.91. The van der Waals surface area contributed by atoms with Crippen molar-refractivity contribution in [1.29, 1.82) is 0 Å². The highest BCUT2D eigenvalue weighted by Crippen LogP contribution is 2.29. The Morgan fingerprint density at radius 3 is 2.69 bits per heavy atom. The molecule has 0 saturated carbocycles. The number of rotatable bonds is 3. The summed E-state index contributed by atoms with van der Waals surface area (Å²) in [4.78, 5) is 17.3. The summed E-state index contributed by atoms with van der Waals surface area (Å²) in [6, 6.07) is 5.63. The molecule has 142 valence electrons. The van der Waals surface area contributed by atoms with Crippen molar-refractivity contribution in [3.05, 3.63) is 35.9 Å². The maximum atomic E-state index is 12.7. The van der Waals surface area contributed by atoms with E-state index in [-0.39, 0.29) is 17.4 Å². The number of sulfonamides is 1. The molecule has 1 amide bonds. The third-order valence-corrected chi connectivity index (χ3v) is 5.77. The third-order valence-electron chi connectivity index (χ3n) is 4.50. The Morgan fingerprint density at radius 1 is 1.31 bits per heavy atom. The van der Waals surface area contributed by atoms with Gasteiger partial charge in [0.25, 0.3) is 5.91 Å². The van der Waals surface area contributed by atoms with Crippen LogP contribution < -0.4 is 5.32 Å². The van der Waals surface area contributed by atoms with Gasteiger partial charge in [-0.25, -0.2) is 17.7 Å². The Balaban J connectivity index is 2.01. The number of fused-ring (bicyclic) bond motifs is 1. The zero-order valence-corrected chi connectivity index (χ0v) is 16.5. The van der Waals surface area contributed by atoms with E-state index in [1.807, 2.05) is 49.6 Å². The van der Waals surface area contributed by atoms with Gasteiger partial charge in [0.05, 0.1) is 11.8 Å². The maximum absolute atomic E-state index is 12.7. The highest BCUT2D eigenvalue weighted by atomic mass is 32.2. The molecule has 1 atom stereocenters. The molecule has 0 spiro atoms. The van der Waals surface area contributed by atoms with E-state index in [1.54, 1.807) is 0 Å². The van der Waals surface area contributed by atoms with Crippen LogP contribution in [0.25, 0.3) is 5.52 Å². The van der Waals surface area contributed by atoms with Gasteiger partial charge >= 0.3 is 0 Å². The van der Waals surface area contributed by atoms with E-state index >= 15 is 0 Å². The number of imidazole rings is 1. The maximum Gasteiger partial charge on any atom is 0.272 e. The van der Waals surface area contributed by atoms with Crippen molar-refractivity contribution in [2.75, 3.05) is 19.3 Å². The summed E-state index contributed by atoms with van der Waals surface area (Å²) < 4.78 is 27.3. The molecule has 7 nitrogen and oxygen atoms in total. The molecule has 1 fully saturated rings. The molecule has 1 aliphatic heterocycles. The fourth-order valence-corrected chi connectivity index (χ4v) is 4.28. The van der Waals surface area contributed by atoms with Crippen LogP contribution in [0.5, 0.6) is 0 Å². The van der Waals surface area contributed by atoms with E-state index in [0.29, 0.717) is 18.8 Å². The minimum absolute atomic E-state index is 0.0374. The van der Waals surface area contributed by atoms with Crippen LogP contribution in [0, 0.1) is 0 Å². The molecule has 0 unspecified atom stereocenters. The smallest absolute Gasteiger partial charge is 0.272 e. The Morgan fingerprint density at radius 2 is 2.04 bits per heavy atom. The molecule has 0 aliphatic carbocycles. The summed E-state index contributed by atoms with van der Waals surface area (Å²) in [6.45, 7) is 6.71. The number of amides is 1. The molecule has 1 aliphatic rings. The van der Waals surface area contributed by atoms with E-state index in [2.05, 4.69) is 10.3 Å². The van der Waals surface area contributed by atoms with Crippen molar-refractivity contribution in [3.8, 4) is 0 Å². The zero-order valence-electron chi connectivity index (χ0n) is 15.7. The first-order valence-electron chi connectivity index (χ1n) is 8.81. The fraction of sp³-hybridized carbons (Fsp3) is 0.556. The van der Waals surface area contributed by atoms with Crippen molar-refractivity contribution in [2.45, 2.75) is 45.1 Å². The van der Waals surface area contributed by atoms with Gasteiger partial charge in [0, 0.05) is 30.7 Å². The summed E-state index contributed by atoms with van der Waals surface area (Å²) in [5, 5.41) is 2.96. The molecule has 1 saturated heterocycles. The monoisotopic (exact) mass is 378 g/mol. The number of carbonyl (C=O) groups is 1. The molecule has 26 heavy (non-hydrogen) atoms. The van der Waals surface area contributed by atoms with Crippen LogP contribution in [0.3, 0.4) is 0 Å². The van der Waals surface area contributed by atoms with E-state index in [4.69, 9.17) is 0 Å². The second-order valence-electron chi connectivity index (χ2n) is 7.94. The Kier molecular flexibility index (Phi) is 4.83. The Bertz CT molecular complexity index is 928. The molecular weight excluding hydrogens is 352 g/mol. The van der Waals surface area contributed by atoms with Crippen LogP contribution in [0.1, 0.15) is 55.8 Å². The van der Waals surface area contributed by atoms with Crippen molar-refractivity contribution in [1.82, 2.24) is 19.0 Å². The van der Waals surface area contributed by atoms with E-state index in [1.165, 1.54) is 10.6 Å². The highest BCUT2D eigenvalue weighted by molar-refractivity contribution is 7.88. The topological polar surface area (TPSA) is 83.8 Å². The first kappa shape index (κ1) is 18.8. The summed E-state index contributed by atoms with van der Waals surface area (Å²) in [7, 11) is -3.24. The molecule has 3 rings (SSSR count). The number of piperidine rings is 1. The van der Waals surface area contributed by atoms with Crippen LogP contribution in [0.4, 0.5) is 0 Å². The van der Waals surface area contributed by atoms with Crippen molar-refractivity contribution in [3.63, 3.8) is 0 Å². The van der Waals surface area contributed by atoms with Crippen LogP contribution in [0.15, 0.2) is 24.4 Å². The molecule has 2 aromatic rings. The minimum Gasteiger partial charge on any atom is -0.346 e. The van der Waals surface area contributed by atoms with Crippen LogP contribution >= 0.6 is 0 Å². The second kappa shape index (κ2) is 6.66. The van der Waals surface area contributed by atoms with Crippen LogP contribution in [-0.4, -0.2) is 52.9 Å². The van der Waals surface area contributed by atoms with Gasteiger partial charge in [-0.15, -0.1) is 0 Å². The van der Waals surface area contributed by atoms with E-state index < -0.39 is 10.0 Å². The highest BCUT2D eigenvalue weighted by Gasteiger charge is 2.31. The number of hydrogen-bond acceptors (Lipinski definition) is 4. The first-order valence-corrected chi connectivity index (χ1v) is 10.7. The molecule has 1 N–H and O–H groups in total. The Labute approximate surface area is 154 Å². The number of carbonyl (C=O) groups excluding carboxylic acids is 1. The van der Waals surface area contributed by atoms with Crippen molar-refractivity contribution in [2.24, 2.45) is 0 Å². The number of aromatic nitrogens is 2. The fourth-order valence-electron chi connectivity index (χ4n) is 3.37. The molecule has 0 radical (unpaired) electrons. The second-order valence-corrected chi connectivity index (χ2v) is 9.92. The van der Waals surface area contributed by atoms with Crippen LogP contribution in [0.2, 0.25) is 0 Å². The molecule has 3 heterocycles. The summed E-state index contributed by atoms with van der Waals surface area (Å²) in [5.41, 5.74) is 0.757. The van der Waals surface area contributed by atoms with Gasteiger partial charge in [0.15, 0.2) is 5.69 Å². The number of hydrogen-bond donors (Lipinski definition) is 1. The summed E-state index contributed by atoms with van der Waals surface area (Å²) >= 11 is 0. The van der Waals surface area contributed by atoms with Gasteiger partial charge in [-0.1, -0.05) is 6.07 Å². The van der Waals surface area contributed by atoms with Gasteiger partial charge in [0.2, 0.25) is 10.0 Å². The summed E-state index contributed by atoms with van der Waals surface area (Å²) in [5.74, 6) is 0.487. The lowest BCUT2D eigenvalue weighted by Crippen LogP contribution is -2.41. The molecule has 8 heteroatoms. The lowest BCUT2D eigenvalue weighted by molar-refractivity contribution is 0.0916. The van der Waals surface area contributed by atoms with E-state index in [0.717, 1.165) is 24.2 Å². The van der Waals surface area contributed by atoms with Gasteiger partial charge in [-0.2, -0.15) is 0 Å². The van der Waals surface area contributed by atoms with Gasteiger partial charge in [-0.3, -0.25) is 4.79 Å². The van der Waals surface area contributed by atoms with Gasteiger partial charge in [-0.05, 0) is 45.7 Å². The predicted molar refractivity (Wildman–Crippen MR) is 101 cm³/mol. The van der Waals surface area contributed by atoms with Gasteiger partial charge < -0.3 is 9.72 Å². The number of nitrogens with zero attached hydrogens (tertiary/aromatic N) is 3. The largest absolute Gasteiger partial charge is 0.346 e. The molecule has 0 bridgehead atoms. The normalized spacial score (nSPS) is 19.6. The minimum atomic E-state index is -3.24. The van der Waals surface area contributed by atoms with E-state index in [9.17, 15) is 13.2 Å². The predicted octanol–water partition coefficient (Wildman–Crippen LogP) is 2.00. The van der Waals surface area contributed by atoms with Gasteiger partial charge in [0.1, 0.15) is 5.82 Å². The average Bonchev–Trinajstić information content (AvgIpc) is 2.92. The molecular formula is C18H26N4O3S. The zero-order chi connectivity index (χ0) is 19.1. The SMILES string of the molecule is CC(C)(C)NC(=O)c1nc([C@H]2CCCN(S(C)(=O)=O)C2)n2ccccc12.